The Hall–Kier alpha value is -2.62. The number of amides is 1. The topological polar surface area (TPSA) is 46.9 Å². The number of aromatic nitrogens is 2. The van der Waals surface area contributed by atoms with Gasteiger partial charge in [-0.3, -0.25) is 9.78 Å². The number of hydrogen-bond donors (Lipinski definition) is 1. The molecule has 0 bridgehead atoms. The molecule has 1 N–H and O–H groups in total. The predicted octanol–water partition coefficient (Wildman–Crippen LogP) is 3.06. The monoisotopic (exact) mass is 279 g/mol. The molecule has 0 spiro atoms. The molecule has 1 aromatic carbocycles. The third kappa shape index (κ3) is 2.79. The van der Waals surface area contributed by atoms with Crippen molar-refractivity contribution in [2.45, 2.75) is 13.3 Å². The van der Waals surface area contributed by atoms with Gasteiger partial charge in [0.1, 0.15) is 0 Å². The van der Waals surface area contributed by atoms with Crippen molar-refractivity contribution >= 4 is 22.5 Å². The molecule has 0 fully saturated rings. The number of rotatable bonds is 3. The van der Waals surface area contributed by atoms with E-state index < -0.39 is 0 Å². The van der Waals surface area contributed by atoms with E-state index in [2.05, 4.69) is 27.0 Å². The fraction of sp³-hybridized carbons (Fsp3) is 0.176. The van der Waals surface area contributed by atoms with Crippen LogP contribution >= 0.6 is 0 Å². The minimum atomic E-state index is -0.0167. The van der Waals surface area contributed by atoms with Gasteiger partial charge in [0.25, 0.3) is 0 Å². The first kappa shape index (κ1) is 13.4. The van der Waals surface area contributed by atoms with Crippen LogP contribution in [-0.4, -0.2) is 15.5 Å². The first-order chi connectivity index (χ1) is 10.1. The number of para-hydroxylation sites is 1. The zero-order valence-electron chi connectivity index (χ0n) is 12.1. The summed E-state index contributed by atoms with van der Waals surface area (Å²) >= 11 is 0. The maximum absolute atomic E-state index is 12.2. The smallest absolute Gasteiger partial charge is 0.228 e. The Morgan fingerprint density at radius 1 is 1.29 bits per heavy atom. The summed E-state index contributed by atoms with van der Waals surface area (Å²) in [6.07, 6.45) is 4.08. The Bertz CT molecular complexity index is 805. The molecule has 106 valence electrons. The molecule has 2 heterocycles. The summed E-state index contributed by atoms with van der Waals surface area (Å²) in [7, 11) is 2.00. The van der Waals surface area contributed by atoms with Gasteiger partial charge < -0.3 is 9.88 Å². The van der Waals surface area contributed by atoms with Gasteiger partial charge in [-0.1, -0.05) is 18.2 Å². The lowest BCUT2D eigenvalue weighted by molar-refractivity contribution is -0.115. The molecule has 21 heavy (non-hydrogen) atoms. The van der Waals surface area contributed by atoms with E-state index in [0.29, 0.717) is 6.42 Å². The summed E-state index contributed by atoms with van der Waals surface area (Å²) < 4.78 is 2.05. The second-order valence-electron chi connectivity index (χ2n) is 5.19. The summed E-state index contributed by atoms with van der Waals surface area (Å²) in [5, 5.41) is 4.04. The van der Waals surface area contributed by atoms with E-state index in [-0.39, 0.29) is 5.91 Å². The zero-order valence-corrected chi connectivity index (χ0v) is 12.1. The minimum Gasteiger partial charge on any atom is -0.350 e. The average molecular weight is 279 g/mol. The molecule has 0 saturated carbocycles. The van der Waals surface area contributed by atoms with Crippen LogP contribution < -0.4 is 5.32 Å². The van der Waals surface area contributed by atoms with Crippen LogP contribution in [0.4, 0.5) is 5.69 Å². The van der Waals surface area contributed by atoms with Crippen molar-refractivity contribution in [1.82, 2.24) is 9.55 Å². The molecule has 0 radical (unpaired) electrons. The standard InChI is InChI=1S/C17H17N3O/c1-12-9-14(7-8-18-12)19-17(21)10-13-11-20(2)16-6-4-3-5-15(13)16/h3-9,11H,10H2,1-2H3,(H,18,19,21). The highest BCUT2D eigenvalue weighted by Crippen LogP contribution is 2.21. The van der Waals surface area contributed by atoms with E-state index in [1.807, 2.05) is 38.4 Å². The molecule has 0 aliphatic rings. The second kappa shape index (κ2) is 5.40. The normalized spacial score (nSPS) is 10.8. The van der Waals surface area contributed by atoms with Crippen LogP contribution in [0.25, 0.3) is 10.9 Å². The fourth-order valence-electron chi connectivity index (χ4n) is 2.57. The predicted molar refractivity (Wildman–Crippen MR) is 84.2 cm³/mol. The van der Waals surface area contributed by atoms with Crippen LogP contribution in [0.15, 0.2) is 48.8 Å². The lowest BCUT2D eigenvalue weighted by atomic mass is 10.1. The Kier molecular flexibility index (Phi) is 3.44. The molecule has 4 nitrogen and oxygen atoms in total. The number of fused-ring (bicyclic) bond motifs is 1. The van der Waals surface area contributed by atoms with Crippen molar-refractivity contribution in [2.24, 2.45) is 7.05 Å². The molecule has 0 aliphatic carbocycles. The number of anilines is 1. The first-order valence-electron chi connectivity index (χ1n) is 6.89. The zero-order chi connectivity index (χ0) is 14.8. The van der Waals surface area contributed by atoms with Crippen LogP contribution in [0.2, 0.25) is 0 Å². The third-order valence-corrected chi connectivity index (χ3v) is 3.51. The highest BCUT2D eigenvalue weighted by Gasteiger charge is 2.10. The molecule has 0 aliphatic heterocycles. The molecule has 0 unspecified atom stereocenters. The Balaban J connectivity index is 1.80. The van der Waals surface area contributed by atoms with Gasteiger partial charge in [-0.15, -0.1) is 0 Å². The van der Waals surface area contributed by atoms with Crippen LogP contribution in [0.5, 0.6) is 0 Å². The molecule has 3 aromatic rings. The van der Waals surface area contributed by atoms with Gasteiger partial charge in [-0.2, -0.15) is 0 Å². The molecular weight excluding hydrogens is 262 g/mol. The van der Waals surface area contributed by atoms with E-state index in [0.717, 1.165) is 27.8 Å². The number of nitrogens with zero attached hydrogens (tertiary/aromatic N) is 2. The average Bonchev–Trinajstić information content (AvgIpc) is 2.76. The van der Waals surface area contributed by atoms with Gasteiger partial charge in [0, 0.05) is 41.7 Å². The summed E-state index contributed by atoms with van der Waals surface area (Å²) in [6, 6.07) is 11.8. The molecule has 4 heteroatoms. The van der Waals surface area contributed by atoms with Crippen molar-refractivity contribution in [3.63, 3.8) is 0 Å². The highest BCUT2D eigenvalue weighted by molar-refractivity contribution is 5.95. The summed E-state index contributed by atoms with van der Waals surface area (Å²) in [5.41, 5.74) is 3.85. The first-order valence-corrected chi connectivity index (χ1v) is 6.89. The van der Waals surface area contributed by atoms with E-state index in [1.54, 1.807) is 12.3 Å². The highest BCUT2D eigenvalue weighted by atomic mass is 16.1. The summed E-state index contributed by atoms with van der Waals surface area (Å²) in [5.74, 6) is -0.0167. The Morgan fingerprint density at radius 3 is 2.90 bits per heavy atom. The third-order valence-electron chi connectivity index (χ3n) is 3.51. The number of carbonyl (C=O) groups is 1. The molecule has 1 amide bonds. The lowest BCUT2D eigenvalue weighted by Crippen LogP contribution is -2.14. The quantitative estimate of drug-likeness (QED) is 0.801. The summed E-state index contributed by atoms with van der Waals surface area (Å²) in [4.78, 5) is 16.3. The van der Waals surface area contributed by atoms with Gasteiger partial charge in [0.2, 0.25) is 5.91 Å². The summed E-state index contributed by atoms with van der Waals surface area (Å²) in [6.45, 7) is 1.90. The molecule has 0 atom stereocenters. The molecule has 0 saturated heterocycles. The van der Waals surface area contributed by atoms with Crippen LogP contribution in [-0.2, 0) is 18.3 Å². The van der Waals surface area contributed by atoms with Gasteiger partial charge in [0.15, 0.2) is 0 Å². The SMILES string of the molecule is Cc1cc(NC(=O)Cc2cn(C)c3ccccc23)ccn1. The van der Waals surface area contributed by atoms with Crippen molar-refractivity contribution in [1.29, 1.82) is 0 Å². The maximum atomic E-state index is 12.2. The van der Waals surface area contributed by atoms with Crippen molar-refractivity contribution in [3.8, 4) is 0 Å². The van der Waals surface area contributed by atoms with E-state index in [4.69, 9.17) is 0 Å². The van der Waals surface area contributed by atoms with Gasteiger partial charge in [0.05, 0.1) is 6.42 Å². The second-order valence-corrected chi connectivity index (χ2v) is 5.19. The van der Waals surface area contributed by atoms with Crippen molar-refractivity contribution in [3.05, 3.63) is 60.0 Å². The van der Waals surface area contributed by atoms with Crippen molar-refractivity contribution in [2.75, 3.05) is 5.32 Å². The van der Waals surface area contributed by atoms with Crippen LogP contribution in [0.1, 0.15) is 11.3 Å². The van der Waals surface area contributed by atoms with Crippen molar-refractivity contribution < 1.29 is 4.79 Å². The number of pyridine rings is 1. The Labute approximate surface area is 123 Å². The molecule has 2 aromatic heterocycles. The Morgan fingerprint density at radius 2 is 2.10 bits per heavy atom. The van der Waals surface area contributed by atoms with Gasteiger partial charge >= 0.3 is 0 Å². The van der Waals surface area contributed by atoms with E-state index in [9.17, 15) is 4.79 Å². The maximum Gasteiger partial charge on any atom is 0.228 e. The fourth-order valence-corrected chi connectivity index (χ4v) is 2.57. The number of carbonyl (C=O) groups excluding carboxylic acids is 1. The van der Waals surface area contributed by atoms with Crippen LogP contribution in [0, 0.1) is 6.92 Å². The number of hydrogen-bond acceptors (Lipinski definition) is 2. The lowest BCUT2D eigenvalue weighted by Gasteiger charge is -2.05. The van der Waals surface area contributed by atoms with Crippen LogP contribution in [0.3, 0.4) is 0 Å². The number of nitrogens with one attached hydrogen (secondary N) is 1. The number of benzene rings is 1. The molecular formula is C17H17N3O. The van der Waals surface area contributed by atoms with E-state index >= 15 is 0 Å². The van der Waals surface area contributed by atoms with E-state index in [1.165, 1.54) is 0 Å². The minimum absolute atomic E-state index is 0.0167. The largest absolute Gasteiger partial charge is 0.350 e. The molecule has 3 rings (SSSR count). The van der Waals surface area contributed by atoms with Gasteiger partial charge in [-0.05, 0) is 30.7 Å². The number of aryl methyl sites for hydroxylation is 2. The van der Waals surface area contributed by atoms with Gasteiger partial charge in [-0.25, -0.2) is 0 Å².